The highest BCUT2D eigenvalue weighted by Crippen LogP contribution is 2.49. The molecule has 0 fully saturated rings. The van der Waals surface area contributed by atoms with E-state index in [9.17, 15) is 0 Å². The lowest BCUT2D eigenvalue weighted by molar-refractivity contribution is 0.660. The molecular weight excluding hydrogens is 520 g/mol. The third-order valence-corrected chi connectivity index (χ3v) is 10.1. The summed E-state index contributed by atoms with van der Waals surface area (Å²) in [4.78, 5) is 10.2. The van der Waals surface area contributed by atoms with E-state index in [0.29, 0.717) is 0 Å². The molecule has 2 aromatic heterocycles. The van der Waals surface area contributed by atoms with Gasteiger partial charge in [-0.3, -0.25) is 4.98 Å². The van der Waals surface area contributed by atoms with E-state index in [1.165, 1.54) is 77.2 Å². The van der Waals surface area contributed by atoms with E-state index in [4.69, 9.17) is 9.97 Å². The summed E-state index contributed by atoms with van der Waals surface area (Å²) in [7, 11) is 0. The van der Waals surface area contributed by atoms with Gasteiger partial charge < -0.3 is 0 Å². The molecule has 2 nitrogen and oxygen atoms in total. The average Bonchev–Trinajstić information content (AvgIpc) is 3.26. The van der Waals surface area contributed by atoms with E-state index in [0.717, 1.165) is 22.3 Å². The minimum Gasteiger partial charge on any atom is -0.254 e. The molecule has 7 aromatic rings. The highest BCUT2D eigenvalue weighted by molar-refractivity contribution is 6.06. The lowest BCUT2D eigenvalue weighted by Gasteiger charge is -2.22. The van der Waals surface area contributed by atoms with Crippen molar-refractivity contribution in [2.24, 2.45) is 0 Å². The molecule has 0 atom stereocenters. The molecule has 0 bridgehead atoms. The molecule has 0 aliphatic heterocycles. The summed E-state index contributed by atoms with van der Waals surface area (Å²) in [5.41, 5.74) is 17.1. The van der Waals surface area contributed by atoms with Crippen LogP contribution in [0.4, 0.5) is 0 Å². The first-order chi connectivity index (χ1) is 20.7. The highest BCUT2D eigenvalue weighted by Gasteiger charge is 2.35. The summed E-state index contributed by atoms with van der Waals surface area (Å²) >= 11 is 0. The van der Waals surface area contributed by atoms with Gasteiger partial charge in [-0.15, -0.1) is 0 Å². The van der Waals surface area contributed by atoms with Crippen LogP contribution in [0.2, 0.25) is 0 Å². The number of hydrogen-bond donors (Lipinski definition) is 0. The largest absolute Gasteiger partial charge is 0.254 e. The van der Waals surface area contributed by atoms with E-state index in [1.54, 1.807) is 0 Å². The van der Waals surface area contributed by atoms with Gasteiger partial charge in [-0.05, 0) is 112 Å². The Morgan fingerprint density at radius 2 is 1.19 bits per heavy atom. The quantitative estimate of drug-likeness (QED) is 0.199. The molecule has 0 radical (unpaired) electrons. The zero-order chi connectivity index (χ0) is 29.6. The molecule has 1 aliphatic carbocycles. The molecule has 1 aliphatic rings. The Hall–Kier alpha value is -4.82. The van der Waals surface area contributed by atoms with Gasteiger partial charge in [0, 0.05) is 27.9 Å². The number of nitrogens with zero attached hydrogens (tertiary/aromatic N) is 2. The van der Waals surface area contributed by atoms with Crippen molar-refractivity contribution in [2.75, 3.05) is 0 Å². The Morgan fingerprint density at radius 3 is 2.00 bits per heavy atom. The Morgan fingerprint density at radius 1 is 0.535 bits per heavy atom. The monoisotopic (exact) mass is 554 g/mol. The summed E-state index contributed by atoms with van der Waals surface area (Å²) in [6.45, 7) is 13.4. The van der Waals surface area contributed by atoms with Crippen LogP contribution in [0.1, 0.15) is 47.2 Å². The van der Waals surface area contributed by atoms with Gasteiger partial charge in [0.05, 0.1) is 16.7 Å². The Balaban J connectivity index is 1.27. The van der Waals surface area contributed by atoms with Gasteiger partial charge in [-0.1, -0.05) is 86.6 Å². The maximum absolute atomic E-state index is 5.30. The third kappa shape index (κ3) is 3.72. The summed E-state index contributed by atoms with van der Waals surface area (Å²) in [5.74, 6) is 0. The number of aromatic nitrogens is 2. The van der Waals surface area contributed by atoms with Crippen molar-refractivity contribution in [3.63, 3.8) is 0 Å². The van der Waals surface area contributed by atoms with Gasteiger partial charge >= 0.3 is 0 Å². The van der Waals surface area contributed by atoms with Crippen molar-refractivity contribution < 1.29 is 0 Å². The second-order valence-electron chi connectivity index (χ2n) is 12.8. The standard InChI is InChI=1S/C41H34N2/c1-23-22-42-39-32(24(23)2)17-18-33-25(3)26(4)38(43-40(33)39)30-14-12-27-11-13-28(19-31(27)20-30)29-15-16-35-34-9-7-8-10-36(34)41(5,6)37(35)21-29/h7-22H,1-6H3. The van der Waals surface area contributed by atoms with Crippen molar-refractivity contribution in [1.82, 2.24) is 9.97 Å². The van der Waals surface area contributed by atoms with Crippen LogP contribution in [0.15, 0.2) is 97.2 Å². The van der Waals surface area contributed by atoms with E-state index in [1.807, 2.05) is 6.20 Å². The molecule has 2 heteroatoms. The highest BCUT2D eigenvalue weighted by atomic mass is 14.8. The molecule has 5 aromatic carbocycles. The Labute approximate surface area is 253 Å². The summed E-state index contributed by atoms with van der Waals surface area (Å²) in [6.07, 6.45) is 1.98. The number of benzene rings is 5. The summed E-state index contributed by atoms with van der Waals surface area (Å²) in [5, 5.41) is 4.81. The second-order valence-corrected chi connectivity index (χ2v) is 12.8. The topological polar surface area (TPSA) is 25.8 Å². The Bertz CT molecular complexity index is 2310. The van der Waals surface area contributed by atoms with Crippen LogP contribution in [0.5, 0.6) is 0 Å². The smallest absolute Gasteiger partial charge is 0.0975 e. The predicted molar refractivity (Wildman–Crippen MR) is 182 cm³/mol. The number of aryl methyl sites for hydroxylation is 3. The lowest BCUT2D eigenvalue weighted by Crippen LogP contribution is -2.14. The normalized spacial score (nSPS) is 13.5. The molecule has 0 saturated heterocycles. The predicted octanol–water partition coefficient (Wildman–Crippen LogP) is 10.8. The first-order valence-electron chi connectivity index (χ1n) is 15.2. The van der Waals surface area contributed by atoms with E-state index in [-0.39, 0.29) is 5.41 Å². The fourth-order valence-electron chi connectivity index (χ4n) is 7.21. The molecule has 0 amide bonds. The molecule has 43 heavy (non-hydrogen) atoms. The third-order valence-electron chi connectivity index (χ3n) is 10.1. The number of fused-ring (bicyclic) bond motifs is 7. The van der Waals surface area contributed by atoms with Crippen LogP contribution in [-0.4, -0.2) is 9.97 Å². The van der Waals surface area contributed by atoms with E-state index in [2.05, 4.69) is 133 Å². The van der Waals surface area contributed by atoms with E-state index < -0.39 is 0 Å². The minimum absolute atomic E-state index is 0.0145. The van der Waals surface area contributed by atoms with Gasteiger partial charge in [0.2, 0.25) is 0 Å². The minimum atomic E-state index is -0.0145. The fraction of sp³-hybridized carbons (Fsp3) is 0.171. The van der Waals surface area contributed by atoms with Gasteiger partial charge in [0.1, 0.15) is 0 Å². The van der Waals surface area contributed by atoms with Crippen molar-refractivity contribution in [2.45, 2.75) is 47.0 Å². The first-order valence-corrected chi connectivity index (χ1v) is 15.2. The lowest BCUT2D eigenvalue weighted by atomic mass is 9.81. The molecular formula is C41H34N2. The number of pyridine rings is 2. The van der Waals surface area contributed by atoms with Crippen molar-refractivity contribution >= 4 is 32.6 Å². The molecule has 8 rings (SSSR count). The van der Waals surface area contributed by atoms with Crippen LogP contribution in [0.3, 0.4) is 0 Å². The van der Waals surface area contributed by atoms with Gasteiger partial charge in [0.25, 0.3) is 0 Å². The van der Waals surface area contributed by atoms with Crippen molar-refractivity contribution in [1.29, 1.82) is 0 Å². The van der Waals surface area contributed by atoms with Gasteiger partial charge in [0.15, 0.2) is 0 Å². The molecule has 0 unspecified atom stereocenters. The van der Waals surface area contributed by atoms with E-state index >= 15 is 0 Å². The molecule has 2 heterocycles. The Kier molecular flexibility index (Phi) is 5.46. The van der Waals surface area contributed by atoms with Crippen LogP contribution >= 0.6 is 0 Å². The molecule has 208 valence electrons. The zero-order valence-corrected chi connectivity index (χ0v) is 25.6. The van der Waals surface area contributed by atoms with Crippen molar-refractivity contribution in [3.05, 3.63) is 131 Å². The molecule has 0 N–H and O–H groups in total. The maximum atomic E-state index is 5.30. The zero-order valence-electron chi connectivity index (χ0n) is 25.6. The van der Waals surface area contributed by atoms with Crippen LogP contribution in [0, 0.1) is 27.7 Å². The van der Waals surface area contributed by atoms with Crippen LogP contribution in [-0.2, 0) is 5.41 Å². The summed E-state index contributed by atoms with van der Waals surface area (Å²) < 4.78 is 0. The van der Waals surface area contributed by atoms with Gasteiger partial charge in [-0.25, -0.2) is 4.98 Å². The second kappa shape index (κ2) is 9.09. The molecule has 0 saturated carbocycles. The number of hydrogen-bond acceptors (Lipinski definition) is 2. The fourth-order valence-corrected chi connectivity index (χ4v) is 7.21. The van der Waals surface area contributed by atoms with Gasteiger partial charge in [-0.2, -0.15) is 0 Å². The first kappa shape index (κ1) is 25.9. The van der Waals surface area contributed by atoms with Crippen molar-refractivity contribution in [3.8, 4) is 33.5 Å². The average molecular weight is 555 g/mol. The maximum Gasteiger partial charge on any atom is 0.0975 e. The summed E-state index contributed by atoms with van der Waals surface area (Å²) in [6, 6.07) is 33.8. The van der Waals surface area contributed by atoms with Crippen LogP contribution < -0.4 is 0 Å². The van der Waals surface area contributed by atoms with Crippen LogP contribution in [0.25, 0.3) is 66.1 Å². The molecule has 0 spiro atoms. The number of rotatable bonds is 2. The SMILES string of the molecule is Cc1cnc2c(ccc3c(C)c(C)c(-c4ccc5ccc(-c6ccc7c(c6)C(C)(C)c6ccccc6-7)cc5c4)nc32)c1C.